The van der Waals surface area contributed by atoms with Gasteiger partial charge in [0.1, 0.15) is 0 Å². The number of esters is 1. The number of aromatic nitrogens is 2. The Balaban J connectivity index is 1.79. The van der Waals surface area contributed by atoms with Crippen LogP contribution in [0.5, 0.6) is 0 Å². The van der Waals surface area contributed by atoms with Gasteiger partial charge in [0.25, 0.3) is 5.91 Å². The molecule has 0 fully saturated rings. The van der Waals surface area contributed by atoms with Crippen molar-refractivity contribution in [3.63, 3.8) is 0 Å². The van der Waals surface area contributed by atoms with E-state index in [2.05, 4.69) is 15.5 Å². The molecule has 0 saturated heterocycles. The van der Waals surface area contributed by atoms with Crippen molar-refractivity contribution in [1.29, 1.82) is 0 Å². The molecule has 2 aromatic heterocycles. The second kappa shape index (κ2) is 7.87. The summed E-state index contributed by atoms with van der Waals surface area (Å²) in [5.41, 5.74) is 0. The van der Waals surface area contributed by atoms with Gasteiger partial charge in [0, 0.05) is 12.5 Å². The lowest BCUT2D eigenvalue weighted by Crippen LogP contribution is -2.39. The van der Waals surface area contributed by atoms with Gasteiger partial charge in [-0.05, 0) is 32.2 Å². The van der Waals surface area contributed by atoms with Crippen molar-refractivity contribution in [2.75, 3.05) is 0 Å². The molecule has 2 rings (SSSR count). The molecule has 1 N–H and O–H groups in total. The SMILES string of the molecule is CC(C)NC(=O)C(C)OC(=O)CCc1nc(-c2cccs2)no1. The molecule has 0 aromatic carbocycles. The average Bonchev–Trinajstić information content (AvgIpc) is 3.15. The molecule has 2 heterocycles. The Morgan fingerprint density at radius 2 is 2.17 bits per heavy atom. The molecule has 1 unspecified atom stereocenters. The number of rotatable bonds is 7. The smallest absolute Gasteiger partial charge is 0.307 e. The minimum absolute atomic E-state index is 0.00211. The highest BCUT2D eigenvalue weighted by Crippen LogP contribution is 2.21. The fourth-order valence-electron chi connectivity index (χ4n) is 1.78. The van der Waals surface area contributed by atoms with E-state index < -0.39 is 12.1 Å². The van der Waals surface area contributed by atoms with Crippen molar-refractivity contribution >= 4 is 23.2 Å². The Bertz CT molecular complexity index is 651. The number of carbonyl (C=O) groups excluding carboxylic acids is 2. The van der Waals surface area contributed by atoms with E-state index in [-0.39, 0.29) is 24.8 Å². The molecule has 1 amide bonds. The topological polar surface area (TPSA) is 94.3 Å². The van der Waals surface area contributed by atoms with Gasteiger partial charge in [-0.15, -0.1) is 11.3 Å². The first-order valence-corrected chi connectivity index (χ1v) is 8.20. The van der Waals surface area contributed by atoms with Crippen LogP contribution in [-0.2, 0) is 20.7 Å². The zero-order valence-electron chi connectivity index (χ0n) is 13.2. The van der Waals surface area contributed by atoms with Gasteiger partial charge in [0.15, 0.2) is 6.10 Å². The minimum atomic E-state index is -0.825. The van der Waals surface area contributed by atoms with E-state index in [0.29, 0.717) is 11.7 Å². The van der Waals surface area contributed by atoms with Crippen molar-refractivity contribution in [2.24, 2.45) is 0 Å². The third kappa shape index (κ3) is 5.17. The molecular formula is C15H19N3O4S. The number of thiophene rings is 1. The van der Waals surface area contributed by atoms with Crippen LogP contribution in [0.1, 0.15) is 33.1 Å². The fraction of sp³-hybridized carbons (Fsp3) is 0.467. The zero-order chi connectivity index (χ0) is 16.8. The lowest BCUT2D eigenvalue weighted by atomic mass is 10.3. The van der Waals surface area contributed by atoms with Crippen LogP contribution in [0.15, 0.2) is 22.0 Å². The summed E-state index contributed by atoms with van der Waals surface area (Å²) < 4.78 is 10.2. The lowest BCUT2D eigenvalue weighted by molar-refractivity contribution is -0.155. The molecule has 0 bridgehead atoms. The van der Waals surface area contributed by atoms with E-state index in [4.69, 9.17) is 9.26 Å². The van der Waals surface area contributed by atoms with Crippen molar-refractivity contribution in [1.82, 2.24) is 15.5 Å². The van der Waals surface area contributed by atoms with Crippen LogP contribution in [0, 0.1) is 0 Å². The van der Waals surface area contributed by atoms with Gasteiger partial charge in [-0.1, -0.05) is 11.2 Å². The standard InChI is InChI=1S/C15H19N3O4S/c1-9(2)16-15(20)10(3)21-13(19)7-6-12-17-14(18-22-12)11-5-4-8-23-11/h4-5,8-10H,6-7H2,1-3H3,(H,16,20). The molecule has 1 atom stereocenters. The van der Waals surface area contributed by atoms with Gasteiger partial charge in [0.2, 0.25) is 11.7 Å². The highest BCUT2D eigenvalue weighted by Gasteiger charge is 2.19. The molecular weight excluding hydrogens is 318 g/mol. The maximum Gasteiger partial charge on any atom is 0.307 e. The van der Waals surface area contributed by atoms with Crippen molar-refractivity contribution in [3.05, 3.63) is 23.4 Å². The highest BCUT2D eigenvalue weighted by molar-refractivity contribution is 7.13. The summed E-state index contributed by atoms with van der Waals surface area (Å²) in [4.78, 5) is 28.6. The van der Waals surface area contributed by atoms with Crippen LogP contribution in [0.2, 0.25) is 0 Å². The number of hydrogen-bond acceptors (Lipinski definition) is 7. The Hall–Kier alpha value is -2.22. The Morgan fingerprint density at radius 1 is 1.39 bits per heavy atom. The molecule has 0 aliphatic carbocycles. The number of hydrogen-bond donors (Lipinski definition) is 1. The van der Waals surface area contributed by atoms with Gasteiger partial charge >= 0.3 is 5.97 Å². The van der Waals surface area contributed by atoms with Gasteiger partial charge < -0.3 is 14.6 Å². The summed E-state index contributed by atoms with van der Waals surface area (Å²) in [7, 11) is 0. The third-order valence-corrected chi connectivity index (χ3v) is 3.73. The number of aryl methyl sites for hydroxylation is 1. The monoisotopic (exact) mass is 337 g/mol. The molecule has 0 aliphatic rings. The van der Waals surface area contributed by atoms with Crippen LogP contribution >= 0.6 is 11.3 Å². The zero-order valence-corrected chi connectivity index (χ0v) is 14.1. The van der Waals surface area contributed by atoms with Gasteiger partial charge in [0.05, 0.1) is 11.3 Å². The predicted molar refractivity (Wildman–Crippen MR) is 84.8 cm³/mol. The number of nitrogens with one attached hydrogen (secondary N) is 1. The van der Waals surface area contributed by atoms with E-state index in [1.54, 1.807) is 0 Å². The van der Waals surface area contributed by atoms with Crippen LogP contribution < -0.4 is 5.32 Å². The summed E-state index contributed by atoms with van der Waals surface area (Å²) in [6.07, 6.45) is -0.476. The van der Waals surface area contributed by atoms with Crippen LogP contribution in [0.25, 0.3) is 10.7 Å². The normalized spacial score (nSPS) is 12.2. The van der Waals surface area contributed by atoms with E-state index in [9.17, 15) is 9.59 Å². The molecule has 0 aliphatic heterocycles. The third-order valence-electron chi connectivity index (χ3n) is 2.86. The summed E-state index contributed by atoms with van der Waals surface area (Å²) >= 11 is 1.51. The van der Waals surface area contributed by atoms with E-state index in [1.807, 2.05) is 31.4 Å². The van der Waals surface area contributed by atoms with E-state index >= 15 is 0 Å². The van der Waals surface area contributed by atoms with Crippen LogP contribution in [0.4, 0.5) is 0 Å². The van der Waals surface area contributed by atoms with E-state index in [0.717, 1.165) is 4.88 Å². The lowest BCUT2D eigenvalue weighted by Gasteiger charge is -2.15. The highest BCUT2D eigenvalue weighted by atomic mass is 32.1. The number of amides is 1. The molecule has 0 spiro atoms. The number of nitrogens with zero attached hydrogens (tertiary/aromatic N) is 2. The fourth-order valence-corrected chi connectivity index (χ4v) is 2.43. The maximum absolute atomic E-state index is 11.8. The quantitative estimate of drug-likeness (QED) is 0.778. The molecule has 23 heavy (non-hydrogen) atoms. The molecule has 8 heteroatoms. The first-order valence-electron chi connectivity index (χ1n) is 7.32. The van der Waals surface area contributed by atoms with Crippen LogP contribution in [0.3, 0.4) is 0 Å². The van der Waals surface area contributed by atoms with Gasteiger partial charge in [-0.2, -0.15) is 4.98 Å². The minimum Gasteiger partial charge on any atom is -0.453 e. The molecule has 0 radical (unpaired) electrons. The summed E-state index contributed by atoms with van der Waals surface area (Å²) in [5, 5.41) is 8.47. The molecule has 124 valence electrons. The van der Waals surface area contributed by atoms with Crippen molar-refractivity contribution < 1.29 is 18.8 Å². The van der Waals surface area contributed by atoms with Crippen molar-refractivity contribution in [3.8, 4) is 10.7 Å². The average molecular weight is 337 g/mol. The predicted octanol–water partition coefficient (Wildman–Crippen LogP) is 2.19. The summed E-state index contributed by atoms with van der Waals surface area (Å²) in [5.74, 6) is 0.0797. The maximum atomic E-state index is 11.8. The first-order chi connectivity index (χ1) is 11.0. The summed E-state index contributed by atoms with van der Waals surface area (Å²) in [6, 6.07) is 3.79. The number of carbonyl (C=O) groups is 2. The Morgan fingerprint density at radius 3 is 2.83 bits per heavy atom. The molecule has 7 nitrogen and oxygen atoms in total. The summed E-state index contributed by atoms with van der Waals surface area (Å²) in [6.45, 7) is 5.22. The first kappa shape index (κ1) is 17.1. The van der Waals surface area contributed by atoms with Crippen LogP contribution in [-0.4, -0.2) is 34.2 Å². The Kier molecular flexibility index (Phi) is 5.86. The second-order valence-electron chi connectivity index (χ2n) is 5.28. The van der Waals surface area contributed by atoms with Gasteiger partial charge in [-0.3, -0.25) is 9.59 Å². The van der Waals surface area contributed by atoms with E-state index in [1.165, 1.54) is 18.3 Å². The molecule has 2 aromatic rings. The number of ether oxygens (including phenoxy) is 1. The Labute approximate surface area is 138 Å². The second-order valence-corrected chi connectivity index (χ2v) is 6.23. The van der Waals surface area contributed by atoms with Gasteiger partial charge in [-0.25, -0.2) is 0 Å². The molecule has 0 saturated carbocycles. The van der Waals surface area contributed by atoms with Crippen molar-refractivity contribution in [2.45, 2.75) is 45.8 Å². The largest absolute Gasteiger partial charge is 0.453 e.